The number of amides is 1. The summed E-state index contributed by atoms with van der Waals surface area (Å²) in [5, 5.41) is 3.57. The van der Waals surface area contributed by atoms with Gasteiger partial charge in [0.25, 0.3) is 5.89 Å². The maximum absolute atomic E-state index is 13.2. The Morgan fingerprint density at radius 3 is 2.92 bits per heavy atom. The highest BCUT2D eigenvalue weighted by Gasteiger charge is 2.40. The molecule has 2 atom stereocenters. The van der Waals surface area contributed by atoms with Crippen molar-refractivity contribution >= 4 is 17.7 Å². The third-order valence-corrected chi connectivity index (χ3v) is 6.05. The van der Waals surface area contributed by atoms with Crippen LogP contribution in [0.5, 0.6) is 0 Å². The fraction of sp³-hybridized carbons (Fsp3) is 0.444. The van der Waals surface area contributed by atoms with Crippen LogP contribution in [0.1, 0.15) is 30.5 Å². The van der Waals surface area contributed by atoms with Crippen LogP contribution in [-0.4, -0.2) is 41.0 Å². The molecule has 0 radical (unpaired) electrons. The number of carbonyl (C=O) groups excluding carboxylic acids is 1. The van der Waals surface area contributed by atoms with Crippen molar-refractivity contribution < 1.29 is 13.6 Å². The molecule has 25 heavy (non-hydrogen) atoms. The lowest BCUT2D eigenvalue weighted by Gasteiger charge is -2.49. The van der Waals surface area contributed by atoms with Gasteiger partial charge in [-0.2, -0.15) is 0 Å². The second kappa shape index (κ2) is 6.80. The van der Waals surface area contributed by atoms with Gasteiger partial charge in [-0.05, 0) is 57.0 Å². The summed E-state index contributed by atoms with van der Waals surface area (Å²) >= 11 is 1.24. The summed E-state index contributed by atoms with van der Waals surface area (Å²) in [6.45, 7) is 4.40. The van der Waals surface area contributed by atoms with Crippen molar-refractivity contribution in [2.75, 3.05) is 13.1 Å². The van der Waals surface area contributed by atoms with Crippen LogP contribution < -0.4 is 5.32 Å². The Kier molecular flexibility index (Phi) is 4.52. The van der Waals surface area contributed by atoms with E-state index in [4.69, 9.17) is 4.42 Å². The van der Waals surface area contributed by atoms with Crippen molar-refractivity contribution in [1.29, 1.82) is 0 Å². The number of carbonyl (C=O) groups is 1. The van der Waals surface area contributed by atoms with Crippen LogP contribution in [0.4, 0.5) is 4.39 Å². The van der Waals surface area contributed by atoms with E-state index in [0.717, 1.165) is 25.9 Å². The van der Waals surface area contributed by atoms with Crippen LogP contribution in [0.25, 0.3) is 0 Å². The lowest BCUT2D eigenvalue weighted by molar-refractivity contribution is 0.0209. The first-order valence-corrected chi connectivity index (χ1v) is 9.36. The van der Waals surface area contributed by atoms with E-state index in [1.807, 2.05) is 0 Å². The highest BCUT2D eigenvalue weighted by Crippen LogP contribution is 2.32. The van der Waals surface area contributed by atoms with Crippen LogP contribution in [0.3, 0.4) is 0 Å². The highest BCUT2D eigenvalue weighted by molar-refractivity contribution is 7.99. The molecule has 4 heterocycles. The standard InChI is InChI=1S/C18H20FN3O2S/c1-11-16(12-5-7-22(11)8-6-12)21-17(23)18-20-10-15(24-18)25-14-4-2-3-13(19)9-14/h2-4,9-12,16H,5-8H2,1H3,(H,21,23)/t11-,16-/m0/s1. The van der Waals surface area contributed by atoms with E-state index in [1.165, 1.54) is 30.1 Å². The Hall–Kier alpha value is -1.86. The molecule has 3 saturated heterocycles. The smallest absolute Gasteiger partial charge is 0.307 e. The number of piperidine rings is 3. The van der Waals surface area contributed by atoms with E-state index < -0.39 is 0 Å². The molecule has 0 aliphatic carbocycles. The van der Waals surface area contributed by atoms with Gasteiger partial charge in [-0.1, -0.05) is 17.8 Å². The van der Waals surface area contributed by atoms with Crippen LogP contribution in [-0.2, 0) is 0 Å². The molecule has 2 aromatic rings. The minimum Gasteiger partial charge on any atom is -0.425 e. The van der Waals surface area contributed by atoms with Gasteiger partial charge < -0.3 is 9.73 Å². The summed E-state index contributed by atoms with van der Waals surface area (Å²) in [4.78, 5) is 19.7. The predicted molar refractivity (Wildman–Crippen MR) is 92.0 cm³/mol. The average Bonchev–Trinajstić information content (AvgIpc) is 3.07. The number of oxazole rings is 1. The molecule has 1 amide bonds. The minimum atomic E-state index is -0.307. The Bertz CT molecular complexity index is 771. The quantitative estimate of drug-likeness (QED) is 0.906. The van der Waals surface area contributed by atoms with Gasteiger partial charge >= 0.3 is 5.91 Å². The number of nitrogens with one attached hydrogen (secondary N) is 1. The second-order valence-electron chi connectivity index (χ2n) is 6.66. The molecule has 2 bridgehead atoms. The van der Waals surface area contributed by atoms with Gasteiger partial charge in [-0.25, -0.2) is 9.37 Å². The van der Waals surface area contributed by atoms with Gasteiger partial charge in [0.05, 0.1) is 6.20 Å². The molecule has 3 aliphatic rings. The first kappa shape index (κ1) is 16.6. The maximum Gasteiger partial charge on any atom is 0.307 e. The number of hydrogen-bond acceptors (Lipinski definition) is 5. The minimum absolute atomic E-state index is 0.0579. The van der Waals surface area contributed by atoms with Crippen LogP contribution in [0, 0.1) is 11.7 Å². The molecule has 132 valence electrons. The number of aromatic nitrogens is 1. The van der Waals surface area contributed by atoms with Crippen molar-refractivity contribution in [3.63, 3.8) is 0 Å². The molecule has 0 unspecified atom stereocenters. The highest BCUT2D eigenvalue weighted by atomic mass is 32.2. The fourth-order valence-electron chi connectivity index (χ4n) is 3.82. The number of halogens is 1. The zero-order valence-corrected chi connectivity index (χ0v) is 14.8. The summed E-state index contributed by atoms with van der Waals surface area (Å²) in [5.41, 5.74) is 0. The third-order valence-electron chi connectivity index (χ3n) is 5.17. The van der Waals surface area contributed by atoms with Gasteiger partial charge in [0.15, 0.2) is 5.09 Å². The molecule has 5 nitrogen and oxygen atoms in total. The van der Waals surface area contributed by atoms with E-state index >= 15 is 0 Å². The third kappa shape index (κ3) is 3.43. The molecule has 7 heteroatoms. The predicted octanol–water partition coefficient (Wildman–Crippen LogP) is 3.18. The van der Waals surface area contributed by atoms with E-state index in [9.17, 15) is 9.18 Å². The molecular weight excluding hydrogens is 341 g/mol. The molecule has 5 rings (SSSR count). The van der Waals surface area contributed by atoms with Crippen molar-refractivity contribution in [2.24, 2.45) is 5.92 Å². The Morgan fingerprint density at radius 1 is 1.40 bits per heavy atom. The summed E-state index contributed by atoms with van der Waals surface area (Å²) < 4.78 is 18.8. The van der Waals surface area contributed by atoms with Crippen molar-refractivity contribution in [1.82, 2.24) is 15.2 Å². The summed E-state index contributed by atoms with van der Waals surface area (Å²) in [7, 11) is 0. The molecule has 0 saturated carbocycles. The summed E-state index contributed by atoms with van der Waals surface area (Å²) in [6.07, 6.45) is 3.76. The first-order chi connectivity index (χ1) is 12.1. The normalized spacial score (nSPS) is 28.1. The van der Waals surface area contributed by atoms with Gasteiger partial charge in [0.2, 0.25) is 0 Å². The molecule has 3 fully saturated rings. The largest absolute Gasteiger partial charge is 0.425 e. The molecule has 1 aromatic carbocycles. The van der Waals surface area contributed by atoms with Gasteiger partial charge in [0.1, 0.15) is 5.82 Å². The van der Waals surface area contributed by atoms with Crippen LogP contribution in [0.2, 0.25) is 0 Å². The van der Waals surface area contributed by atoms with Gasteiger partial charge in [-0.15, -0.1) is 0 Å². The molecule has 0 spiro atoms. The Morgan fingerprint density at radius 2 is 2.20 bits per heavy atom. The van der Waals surface area contributed by atoms with Crippen LogP contribution in [0.15, 0.2) is 44.9 Å². The van der Waals surface area contributed by atoms with Gasteiger partial charge in [0, 0.05) is 17.0 Å². The summed E-state index contributed by atoms with van der Waals surface area (Å²) in [5.74, 6) is -0.00175. The number of benzene rings is 1. The number of nitrogens with zero attached hydrogens (tertiary/aromatic N) is 2. The zero-order chi connectivity index (χ0) is 17.4. The first-order valence-electron chi connectivity index (χ1n) is 8.54. The average molecular weight is 361 g/mol. The Balaban J connectivity index is 1.42. The van der Waals surface area contributed by atoms with Crippen molar-refractivity contribution in [2.45, 2.75) is 41.8 Å². The SMILES string of the molecule is C[C@H]1[C@H](NC(=O)c2ncc(Sc3cccc(F)c3)o2)C2CCN1CC2. The lowest BCUT2D eigenvalue weighted by Crippen LogP contribution is -2.62. The van der Waals surface area contributed by atoms with E-state index in [1.54, 1.807) is 12.1 Å². The number of hydrogen-bond donors (Lipinski definition) is 1. The zero-order valence-electron chi connectivity index (χ0n) is 13.9. The van der Waals surface area contributed by atoms with Crippen molar-refractivity contribution in [3.05, 3.63) is 42.2 Å². The second-order valence-corrected chi connectivity index (χ2v) is 7.74. The molecule has 3 aliphatic heterocycles. The molecular formula is C18H20FN3O2S. The van der Waals surface area contributed by atoms with Crippen LogP contribution >= 0.6 is 11.8 Å². The topological polar surface area (TPSA) is 58.4 Å². The van der Waals surface area contributed by atoms with E-state index in [0.29, 0.717) is 21.9 Å². The number of fused-ring (bicyclic) bond motifs is 3. The van der Waals surface area contributed by atoms with E-state index in [-0.39, 0.29) is 23.7 Å². The molecule has 1 N–H and O–H groups in total. The molecule has 1 aromatic heterocycles. The monoisotopic (exact) mass is 361 g/mol. The lowest BCUT2D eigenvalue weighted by atomic mass is 9.79. The van der Waals surface area contributed by atoms with Gasteiger partial charge in [-0.3, -0.25) is 9.69 Å². The fourth-order valence-corrected chi connectivity index (χ4v) is 4.59. The number of rotatable bonds is 4. The van der Waals surface area contributed by atoms with Crippen molar-refractivity contribution in [3.8, 4) is 0 Å². The maximum atomic E-state index is 13.2. The Labute approximate surface area is 150 Å². The van der Waals surface area contributed by atoms with E-state index in [2.05, 4.69) is 22.1 Å². The summed E-state index contributed by atoms with van der Waals surface area (Å²) in [6, 6.07) is 6.70.